The van der Waals surface area contributed by atoms with Gasteiger partial charge in [-0.2, -0.15) is 0 Å². The minimum atomic E-state index is -3.16. The summed E-state index contributed by atoms with van der Waals surface area (Å²) in [7, 11) is -3.16. The predicted molar refractivity (Wildman–Crippen MR) is 70.3 cm³/mol. The predicted octanol–water partition coefficient (Wildman–Crippen LogP) is 1.31. The van der Waals surface area contributed by atoms with Gasteiger partial charge in [-0.15, -0.1) is 0 Å². The number of nitrogens with one attached hydrogen (secondary N) is 1. The molecule has 0 bridgehead atoms. The zero-order valence-electron chi connectivity index (χ0n) is 11.4. The Balaban J connectivity index is 2.43. The van der Waals surface area contributed by atoms with E-state index in [9.17, 15) is 12.8 Å². The van der Waals surface area contributed by atoms with Crippen molar-refractivity contribution < 1.29 is 17.5 Å². The molecule has 1 aliphatic rings. The van der Waals surface area contributed by atoms with Gasteiger partial charge in [0.25, 0.3) is 0 Å². The van der Waals surface area contributed by atoms with Crippen molar-refractivity contribution in [3.8, 4) is 0 Å². The summed E-state index contributed by atoms with van der Waals surface area (Å²) in [5.74, 6) is -0.0920. The fourth-order valence-corrected chi connectivity index (χ4v) is 3.14. The van der Waals surface area contributed by atoms with Gasteiger partial charge in [-0.3, -0.25) is 0 Å². The zero-order chi connectivity index (χ0) is 13.8. The highest BCUT2D eigenvalue weighted by Crippen LogP contribution is 2.24. The van der Waals surface area contributed by atoms with E-state index in [-0.39, 0.29) is 18.2 Å². The highest BCUT2D eigenvalue weighted by molar-refractivity contribution is 7.91. The molecule has 0 spiro atoms. The van der Waals surface area contributed by atoms with Crippen LogP contribution in [0, 0.1) is 0 Å². The van der Waals surface area contributed by atoms with Crippen LogP contribution in [0.1, 0.15) is 33.6 Å². The van der Waals surface area contributed by atoms with Crippen LogP contribution in [0.25, 0.3) is 0 Å². The van der Waals surface area contributed by atoms with Gasteiger partial charge >= 0.3 is 0 Å². The number of morpholine rings is 1. The Morgan fingerprint density at radius 3 is 2.67 bits per heavy atom. The van der Waals surface area contributed by atoms with Crippen LogP contribution in [0.4, 0.5) is 4.39 Å². The summed E-state index contributed by atoms with van der Waals surface area (Å²) >= 11 is 0. The van der Waals surface area contributed by atoms with Gasteiger partial charge in [0.1, 0.15) is 5.67 Å². The van der Waals surface area contributed by atoms with E-state index in [4.69, 9.17) is 4.74 Å². The Kier molecular flexibility index (Phi) is 5.55. The third-order valence-electron chi connectivity index (χ3n) is 3.30. The summed E-state index contributed by atoms with van der Waals surface area (Å²) in [5.41, 5.74) is -1.47. The first kappa shape index (κ1) is 15.9. The van der Waals surface area contributed by atoms with Crippen molar-refractivity contribution in [1.82, 2.24) is 5.32 Å². The molecule has 1 rings (SSSR count). The van der Waals surface area contributed by atoms with Crippen molar-refractivity contribution in [2.24, 2.45) is 0 Å². The SMILES string of the molecule is CC(C)S(=O)(=O)CCC(C)(F)CC1COCCN1. The molecule has 0 aliphatic carbocycles. The lowest BCUT2D eigenvalue weighted by Gasteiger charge is -2.30. The fourth-order valence-electron chi connectivity index (χ4n) is 1.96. The third-order valence-corrected chi connectivity index (χ3v) is 5.51. The molecule has 1 heterocycles. The Hall–Kier alpha value is -0.200. The summed E-state index contributed by atoms with van der Waals surface area (Å²) in [4.78, 5) is 0. The third kappa shape index (κ3) is 5.20. The van der Waals surface area contributed by atoms with Crippen molar-refractivity contribution in [3.63, 3.8) is 0 Å². The van der Waals surface area contributed by atoms with Crippen molar-refractivity contribution in [2.75, 3.05) is 25.5 Å². The summed E-state index contributed by atoms with van der Waals surface area (Å²) in [6, 6.07) is -0.0181. The maximum atomic E-state index is 14.3. The molecule has 4 nitrogen and oxygen atoms in total. The first-order valence-corrected chi connectivity index (χ1v) is 8.16. The van der Waals surface area contributed by atoms with Gasteiger partial charge in [0.2, 0.25) is 0 Å². The molecule has 0 aromatic carbocycles. The Bertz CT molecular complexity index is 348. The first-order chi connectivity index (χ1) is 8.23. The number of rotatable bonds is 6. The van der Waals surface area contributed by atoms with Gasteiger partial charge < -0.3 is 10.1 Å². The van der Waals surface area contributed by atoms with Gasteiger partial charge in [-0.25, -0.2) is 12.8 Å². The first-order valence-electron chi connectivity index (χ1n) is 6.44. The van der Waals surface area contributed by atoms with Crippen LogP contribution in [0.2, 0.25) is 0 Å². The number of ether oxygens (including phenoxy) is 1. The molecular formula is C12H24FNO3S. The topological polar surface area (TPSA) is 55.4 Å². The van der Waals surface area contributed by atoms with Gasteiger partial charge in [-0.1, -0.05) is 0 Å². The molecule has 2 atom stereocenters. The smallest absolute Gasteiger partial charge is 0.152 e. The second kappa shape index (κ2) is 6.30. The van der Waals surface area contributed by atoms with Crippen molar-refractivity contribution in [2.45, 2.75) is 50.6 Å². The van der Waals surface area contributed by atoms with Crippen LogP contribution in [0.3, 0.4) is 0 Å². The van der Waals surface area contributed by atoms with Crippen LogP contribution >= 0.6 is 0 Å². The average molecular weight is 281 g/mol. The summed E-state index contributed by atoms with van der Waals surface area (Å²) in [6.45, 7) is 6.60. The minimum Gasteiger partial charge on any atom is -0.379 e. The van der Waals surface area contributed by atoms with Crippen LogP contribution < -0.4 is 5.32 Å². The van der Waals surface area contributed by atoms with E-state index < -0.39 is 20.8 Å². The van der Waals surface area contributed by atoms with E-state index in [2.05, 4.69) is 5.32 Å². The number of halogens is 1. The lowest BCUT2D eigenvalue weighted by molar-refractivity contribution is 0.0474. The van der Waals surface area contributed by atoms with Crippen LogP contribution in [-0.2, 0) is 14.6 Å². The molecule has 0 saturated carbocycles. The number of hydrogen-bond donors (Lipinski definition) is 1. The van der Waals surface area contributed by atoms with Crippen molar-refractivity contribution >= 4 is 9.84 Å². The maximum absolute atomic E-state index is 14.3. The molecule has 108 valence electrons. The van der Waals surface area contributed by atoms with Gasteiger partial charge in [0.05, 0.1) is 24.2 Å². The van der Waals surface area contributed by atoms with Crippen molar-refractivity contribution in [1.29, 1.82) is 0 Å². The van der Waals surface area contributed by atoms with E-state index in [1.807, 2.05) is 0 Å². The molecular weight excluding hydrogens is 257 g/mol. The highest BCUT2D eigenvalue weighted by atomic mass is 32.2. The van der Waals surface area contributed by atoms with E-state index in [1.165, 1.54) is 6.92 Å². The summed E-state index contributed by atoms with van der Waals surface area (Å²) < 4.78 is 42.9. The molecule has 0 amide bonds. The van der Waals surface area contributed by atoms with E-state index in [0.717, 1.165) is 6.54 Å². The van der Waals surface area contributed by atoms with Gasteiger partial charge in [0, 0.05) is 12.6 Å². The molecule has 0 aromatic heterocycles. The van der Waals surface area contributed by atoms with Crippen LogP contribution in [0.15, 0.2) is 0 Å². The molecule has 1 saturated heterocycles. The molecule has 1 fully saturated rings. The molecule has 0 aromatic rings. The second-order valence-corrected chi connectivity index (χ2v) is 8.19. The Morgan fingerprint density at radius 1 is 1.50 bits per heavy atom. The van der Waals surface area contributed by atoms with Crippen molar-refractivity contribution in [3.05, 3.63) is 0 Å². The summed E-state index contributed by atoms with van der Waals surface area (Å²) in [6.07, 6.45) is 0.340. The van der Waals surface area contributed by atoms with E-state index in [1.54, 1.807) is 13.8 Å². The standard InChI is InChI=1S/C12H24FNO3S/c1-10(2)18(15,16)7-4-12(3,13)8-11-9-17-6-5-14-11/h10-11,14H,4-9H2,1-3H3. The normalized spacial score (nSPS) is 25.1. The molecule has 18 heavy (non-hydrogen) atoms. The highest BCUT2D eigenvalue weighted by Gasteiger charge is 2.31. The van der Waals surface area contributed by atoms with Gasteiger partial charge in [0.15, 0.2) is 9.84 Å². The summed E-state index contributed by atoms with van der Waals surface area (Å²) in [5, 5.41) is 2.74. The maximum Gasteiger partial charge on any atom is 0.152 e. The monoisotopic (exact) mass is 281 g/mol. The minimum absolute atomic E-state index is 0.0181. The molecule has 1 N–H and O–H groups in total. The van der Waals surface area contributed by atoms with Crippen LogP contribution in [0.5, 0.6) is 0 Å². The number of hydrogen-bond acceptors (Lipinski definition) is 4. The largest absolute Gasteiger partial charge is 0.379 e. The number of sulfone groups is 1. The Morgan fingerprint density at radius 2 is 2.17 bits per heavy atom. The second-order valence-electron chi connectivity index (χ2n) is 5.51. The lowest BCUT2D eigenvalue weighted by Crippen LogP contribution is -2.45. The molecule has 0 radical (unpaired) electrons. The van der Waals surface area contributed by atoms with Crippen LogP contribution in [-0.4, -0.2) is 50.9 Å². The number of alkyl halides is 1. The Labute approximate surface area is 109 Å². The fraction of sp³-hybridized carbons (Fsp3) is 1.00. The lowest BCUT2D eigenvalue weighted by atomic mass is 9.96. The zero-order valence-corrected chi connectivity index (χ0v) is 12.2. The van der Waals surface area contributed by atoms with E-state index >= 15 is 0 Å². The molecule has 6 heteroatoms. The molecule has 2 unspecified atom stereocenters. The quantitative estimate of drug-likeness (QED) is 0.797. The van der Waals surface area contributed by atoms with E-state index in [0.29, 0.717) is 19.6 Å². The average Bonchev–Trinajstić information content (AvgIpc) is 2.27. The molecule has 1 aliphatic heterocycles. The van der Waals surface area contributed by atoms with Gasteiger partial charge in [-0.05, 0) is 33.6 Å².